The Balaban J connectivity index is 1.61. The number of hydrogen-bond donors (Lipinski definition) is 3. The van der Waals surface area contributed by atoms with Crippen LogP contribution in [0.3, 0.4) is 0 Å². The van der Waals surface area contributed by atoms with E-state index >= 15 is 0 Å². The monoisotopic (exact) mass is 482 g/mol. The van der Waals surface area contributed by atoms with Crippen molar-refractivity contribution in [1.29, 1.82) is 0 Å². The summed E-state index contributed by atoms with van der Waals surface area (Å²) in [6, 6.07) is 13.4. The number of hydrogen-bond acceptors (Lipinski definition) is 6. The largest absolute Gasteiger partial charge is 0.504 e. The molecule has 9 heteroatoms. The third-order valence-electron chi connectivity index (χ3n) is 4.96. The van der Waals surface area contributed by atoms with Gasteiger partial charge in [-0.25, -0.2) is 4.79 Å². The molecule has 0 bridgehead atoms. The maximum atomic E-state index is 12.8. The van der Waals surface area contributed by atoms with E-state index in [1.54, 1.807) is 54.7 Å². The van der Waals surface area contributed by atoms with Crippen molar-refractivity contribution in [2.24, 2.45) is 0 Å². The zero-order valence-electron chi connectivity index (χ0n) is 17.4. The van der Waals surface area contributed by atoms with E-state index in [4.69, 9.17) is 16.3 Å². The number of aromatic amines is 1. The molecule has 0 aliphatic rings. The summed E-state index contributed by atoms with van der Waals surface area (Å²) in [6.07, 6.45) is 4.62. The van der Waals surface area contributed by atoms with Gasteiger partial charge in [0.25, 0.3) is 0 Å². The first kappa shape index (κ1) is 22.6. The number of ether oxygens (including phenoxy) is 1. The van der Waals surface area contributed by atoms with Crippen molar-refractivity contribution in [3.8, 4) is 27.8 Å². The van der Waals surface area contributed by atoms with Gasteiger partial charge in [0, 0.05) is 17.3 Å². The number of aliphatic hydroxyl groups is 1. The van der Waals surface area contributed by atoms with E-state index in [1.807, 2.05) is 6.07 Å². The third kappa shape index (κ3) is 4.78. The van der Waals surface area contributed by atoms with Gasteiger partial charge in [0.05, 0.1) is 34.3 Å². The number of methoxy groups -OCH3 is 1. The molecule has 0 saturated carbocycles. The second kappa shape index (κ2) is 9.50. The van der Waals surface area contributed by atoms with Gasteiger partial charge in [-0.2, -0.15) is 0 Å². The molecule has 0 atom stereocenters. The molecule has 0 unspecified atom stereocenters. The van der Waals surface area contributed by atoms with Gasteiger partial charge in [0.15, 0.2) is 17.3 Å². The molecule has 168 valence electrons. The number of halogens is 1. The Labute approximate surface area is 197 Å². The first-order valence-corrected chi connectivity index (χ1v) is 11.0. The van der Waals surface area contributed by atoms with Crippen LogP contribution in [0.2, 0.25) is 4.34 Å². The van der Waals surface area contributed by atoms with Crippen LogP contribution in [0.25, 0.3) is 22.3 Å². The minimum Gasteiger partial charge on any atom is -0.504 e. The van der Waals surface area contributed by atoms with Crippen LogP contribution in [0.1, 0.15) is 21.5 Å². The quantitative estimate of drug-likeness (QED) is 0.263. The number of nitrogens with zero attached hydrogens (tertiary/aromatic N) is 1. The highest BCUT2D eigenvalue weighted by molar-refractivity contribution is 7.19. The Morgan fingerprint density at radius 2 is 2.06 bits per heavy atom. The molecule has 2 aromatic carbocycles. The summed E-state index contributed by atoms with van der Waals surface area (Å²) >= 11 is 7.34. The average Bonchev–Trinajstić information content (AvgIpc) is 3.43. The van der Waals surface area contributed by atoms with E-state index in [-0.39, 0.29) is 35.1 Å². The average molecular weight is 483 g/mol. The van der Waals surface area contributed by atoms with Gasteiger partial charge in [-0.15, -0.1) is 11.3 Å². The number of carbonyl (C=O) groups is 1. The Bertz CT molecular complexity index is 1390. The fraction of sp³-hybridized carbons (Fsp3) is 0.0833. The number of ketones is 1. The highest BCUT2D eigenvalue weighted by Gasteiger charge is 2.12. The molecule has 2 heterocycles. The molecule has 0 aliphatic heterocycles. The van der Waals surface area contributed by atoms with E-state index in [1.165, 1.54) is 29.1 Å². The van der Waals surface area contributed by atoms with Crippen molar-refractivity contribution in [2.45, 2.75) is 6.61 Å². The van der Waals surface area contributed by atoms with Crippen molar-refractivity contribution in [2.75, 3.05) is 7.11 Å². The maximum Gasteiger partial charge on any atom is 0.330 e. The van der Waals surface area contributed by atoms with Gasteiger partial charge in [0.1, 0.15) is 0 Å². The van der Waals surface area contributed by atoms with Crippen LogP contribution in [0, 0.1) is 0 Å². The molecule has 0 radical (unpaired) electrons. The molecule has 7 nitrogen and oxygen atoms in total. The second-order valence-corrected chi connectivity index (χ2v) is 8.80. The third-order valence-corrected chi connectivity index (χ3v) is 6.22. The fourth-order valence-electron chi connectivity index (χ4n) is 3.31. The minimum absolute atomic E-state index is 0.141. The highest BCUT2D eigenvalue weighted by atomic mass is 35.5. The molecular weight excluding hydrogens is 464 g/mol. The van der Waals surface area contributed by atoms with E-state index in [9.17, 15) is 19.8 Å². The first-order valence-electron chi connectivity index (χ1n) is 9.80. The van der Waals surface area contributed by atoms with Crippen LogP contribution in [-0.4, -0.2) is 32.7 Å². The van der Waals surface area contributed by atoms with Gasteiger partial charge in [-0.3, -0.25) is 9.36 Å². The Kier molecular flexibility index (Phi) is 6.50. The van der Waals surface area contributed by atoms with E-state index in [0.717, 1.165) is 4.88 Å². The molecule has 3 N–H and O–H groups in total. The number of aromatic hydroxyl groups is 1. The molecule has 4 aromatic rings. The van der Waals surface area contributed by atoms with Crippen LogP contribution in [0.15, 0.2) is 65.6 Å². The summed E-state index contributed by atoms with van der Waals surface area (Å²) in [5, 5.41) is 19.4. The molecule has 0 fully saturated rings. The number of aliphatic hydroxyl groups excluding tert-OH is 1. The zero-order valence-corrected chi connectivity index (χ0v) is 19.0. The van der Waals surface area contributed by atoms with Crippen molar-refractivity contribution in [3.05, 3.63) is 92.3 Å². The predicted octanol–water partition coefficient (Wildman–Crippen LogP) is 4.65. The molecule has 33 heavy (non-hydrogen) atoms. The summed E-state index contributed by atoms with van der Waals surface area (Å²) in [5.41, 5.74) is 2.11. The standard InChI is InChI=1S/C24H19ClN2O5S/c1-32-20-10-14(9-16(13-28)23(20)30)5-6-19(29)15-3-2-4-17(11-15)27-12-18(26-24(27)31)21-7-8-22(25)33-21/h2-12,28,30H,13H2,1H3,(H,26,31)/b6-5+. The summed E-state index contributed by atoms with van der Waals surface area (Å²) in [4.78, 5) is 28.9. The number of H-pyrrole nitrogens is 1. The first-order chi connectivity index (χ1) is 15.9. The lowest BCUT2D eigenvalue weighted by molar-refractivity contribution is 0.104. The number of imidazole rings is 1. The lowest BCUT2D eigenvalue weighted by Crippen LogP contribution is -2.14. The number of nitrogens with one attached hydrogen (secondary N) is 1. The number of phenols is 1. The summed E-state index contributed by atoms with van der Waals surface area (Å²) in [7, 11) is 1.40. The normalized spacial score (nSPS) is 11.2. The molecule has 0 spiro atoms. The number of rotatable bonds is 7. The number of thiophene rings is 1. The van der Waals surface area contributed by atoms with Crippen LogP contribution in [0.4, 0.5) is 0 Å². The van der Waals surface area contributed by atoms with Gasteiger partial charge in [-0.1, -0.05) is 29.8 Å². The van der Waals surface area contributed by atoms with Gasteiger partial charge in [0.2, 0.25) is 0 Å². The topological polar surface area (TPSA) is 105 Å². The molecule has 0 amide bonds. The van der Waals surface area contributed by atoms with E-state index in [2.05, 4.69) is 4.98 Å². The van der Waals surface area contributed by atoms with Gasteiger partial charge >= 0.3 is 5.69 Å². The van der Waals surface area contributed by atoms with Crippen molar-refractivity contribution in [3.63, 3.8) is 0 Å². The summed E-state index contributed by atoms with van der Waals surface area (Å²) in [5.74, 6) is -0.217. The zero-order chi connectivity index (χ0) is 23.5. The predicted molar refractivity (Wildman–Crippen MR) is 129 cm³/mol. The van der Waals surface area contributed by atoms with Crippen LogP contribution >= 0.6 is 22.9 Å². The van der Waals surface area contributed by atoms with Gasteiger partial charge in [-0.05, 0) is 48.0 Å². The van der Waals surface area contributed by atoms with Crippen molar-refractivity contribution in [1.82, 2.24) is 9.55 Å². The molecule has 0 aliphatic carbocycles. The molecule has 0 saturated heterocycles. The lowest BCUT2D eigenvalue weighted by Gasteiger charge is -2.08. The van der Waals surface area contributed by atoms with Crippen molar-refractivity contribution >= 4 is 34.8 Å². The Morgan fingerprint density at radius 3 is 2.76 bits per heavy atom. The molecule has 4 rings (SSSR count). The Hall–Kier alpha value is -3.59. The fourth-order valence-corrected chi connectivity index (χ4v) is 4.32. The van der Waals surface area contributed by atoms with Crippen molar-refractivity contribution < 1.29 is 19.7 Å². The van der Waals surface area contributed by atoms with Crippen LogP contribution in [0.5, 0.6) is 11.5 Å². The SMILES string of the molecule is COc1cc(/C=C/C(=O)c2cccc(-n3cc(-c4ccc(Cl)s4)[nH]c3=O)c2)cc(CO)c1O. The molecule has 2 aromatic heterocycles. The summed E-state index contributed by atoms with van der Waals surface area (Å²) in [6.45, 7) is -0.370. The number of carbonyl (C=O) groups excluding carboxylic acids is 1. The Morgan fingerprint density at radius 1 is 1.24 bits per heavy atom. The van der Waals surface area contributed by atoms with Crippen LogP contribution in [-0.2, 0) is 6.61 Å². The van der Waals surface area contributed by atoms with E-state index in [0.29, 0.717) is 26.8 Å². The number of aromatic nitrogens is 2. The summed E-state index contributed by atoms with van der Waals surface area (Å²) < 4.78 is 7.16. The maximum absolute atomic E-state index is 12.8. The van der Waals surface area contributed by atoms with E-state index < -0.39 is 0 Å². The second-order valence-electron chi connectivity index (χ2n) is 7.08. The lowest BCUT2D eigenvalue weighted by atomic mass is 10.1. The van der Waals surface area contributed by atoms with Crippen LogP contribution < -0.4 is 10.4 Å². The molecular formula is C24H19ClN2O5S. The van der Waals surface area contributed by atoms with Gasteiger partial charge < -0.3 is 19.9 Å². The number of allylic oxidation sites excluding steroid dienone is 1. The minimum atomic E-state index is -0.370. The number of benzene rings is 2. The smallest absolute Gasteiger partial charge is 0.330 e. The highest BCUT2D eigenvalue weighted by Crippen LogP contribution is 2.32.